The number of aryl methyl sites for hydroxylation is 3. The zero-order chi connectivity index (χ0) is 24.8. The second kappa shape index (κ2) is 11.1. The van der Waals surface area contributed by atoms with Crippen LogP contribution in [0.2, 0.25) is 0 Å². The first-order chi connectivity index (χ1) is 17.0. The van der Waals surface area contributed by atoms with Gasteiger partial charge in [0.1, 0.15) is 5.52 Å². The van der Waals surface area contributed by atoms with Crippen molar-refractivity contribution < 1.29 is 15.0 Å². The molecule has 2 atom stereocenters. The second-order valence-corrected chi connectivity index (χ2v) is 8.72. The van der Waals surface area contributed by atoms with E-state index in [1.807, 2.05) is 24.3 Å². The first-order valence-corrected chi connectivity index (χ1v) is 11.9. The summed E-state index contributed by atoms with van der Waals surface area (Å²) >= 11 is 0. The van der Waals surface area contributed by atoms with Crippen LogP contribution in [0, 0.1) is 5.92 Å². The Morgan fingerprint density at radius 2 is 1.54 bits per heavy atom. The van der Waals surface area contributed by atoms with E-state index in [1.165, 1.54) is 5.56 Å². The van der Waals surface area contributed by atoms with Crippen molar-refractivity contribution in [3.63, 3.8) is 0 Å². The molecule has 0 aliphatic heterocycles. The molecule has 1 aromatic heterocycles. The van der Waals surface area contributed by atoms with Crippen LogP contribution in [0.4, 0.5) is 0 Å². The first-order valence-electron chi connectivity index (χ1n) is 11.9. The maximum Gasteiger partial charge on any atom is 0.309 e. The van der Waals surface area contributed by atoms with E-state index >= 15 is 0 Å². The Labute approximate surface area is 203 Å². The van der Waals surface area contributed by atoms with Gasteiger partial charge in [0.25, 0.3) is 5.56 Å². The monoisotopic (exact) mass is 471 g/mol. The standard InChI is InChI=1S/C28H29N3O4/c1-2-19-7-12-21(13-8-19)22-14-9-20(10-15-22)11-16-26(32)24(28(34)35)17-18-31-27(33)23-5-3-4-6-25(23)29-30-31/h3-10,12-15,24,26,32H,2,11,16-18H2,1H3,(H,34,35)/t24?,26-/m1/s1. The molecular weight excluding hydrogens is 442 g/mol. The lowest BCUT2D eigenvalue weighted by Crippen LogP contribution is -2.32. The number of aliphatic carboxylic acids is 1. The van der Waals surface area contributed by atoms with Gasteiger partial charge in [-0.15, -0.1) is 5.10 Å². The van der Waals surface area contributed by atoms with Crippen molar-refractivity contribution in [3.05, 3.63) is 94.3 Å². The van der Waals surface area contributed by atoms with E-state index in [4.69, 9.17) is 0 Å². The Kier molecular flexibility index (Phi) is 7.67. The second-order valence-electron chi connectivity index (χ2n) is 8.72. The number of rotatable bonds is 10. The van der Waals surface area contributed by atoms with E-state index in [9.17, 15) is 19.8 Å². The molecule has 7 nitrogen and oxygen atoms in total. The summed E-state index contributed by atoms with van der Waals surface area (Å²) in [4.78, 5) is 24.4. The summed E-state index contributed by atoms with van der Waals surface area (Å²) in [6.45, 7) is 2.20. The molecule has 35 heavy (non-hydrogen) atoms. The van der Waals surface area contributed by atoms with Gasteiger partial charge >= 0.3 is 5.97 Å². The van der Waals surface area contributed by atoms with E-state index in [0.717, 1.165) is 27.8 Å². The third-order valence-corrected chi connectivity index (χ3v) is 6.44. The molecule has 3 aromatic carbocycles. The molecule has 7 heteroatoms. The van der Waals surface area contributed by atoms with Crippen LogP contribution in [0.1, 0.15) is 30.9 Å². The maximum atomic E-state index is 12.6. The van der Waals surface area contributed by atoms with Gasteiger partial charge in [0.2, 0.25) is 0 Å². The summed E-state index contributed by atoms with van der Waals surface area (Å²) in [5, 5.41) is 28.7. The molecule has 0 aliphatic carbocycles. The predicted molar refractivity (Wildman–Crippen MR) is 135 cm³/mol. The average Bonchev–Trinajstić information content (AvgIpc) is 2.89. The van der Waals surface area contributed by atoms with E-state index < -0.39 is 18.0 Å². The number of carbonyl (C=O) groups is 1. The summed E-state index contributed by atoms with van der Waals surface area (Å²) in [7, 11) is 0. The number of carboxylic acid groups (broad SMARTS) is 1. The van der Waals surface area contributed by atoms with Gasteiger partial charge in [-0.1, -0.05) is 72.8 Å². The zero-order valence-electron chi connectivity index (χ0n) is 19.7. The number of hydrogen-bond donors (Lipinski definition) is 2. The minimum Gasteiger partial charge on any atom is -0.481 e. The number of benzene rings is 3. The van der Waals surface area contributed by atoms with Crippen molar-refractivity contribution in [3.8, 4) is 11.1 Å². The fourth-order valence-corrected chi connectivity index (χ4v) is 4.22. The van der Waals surface area contributed by atoms with E-state index in [1.54, 1.807) is 24.3 Å². The Bertz CT molecular complexity index is 1350. The summed E-state index contributed by atoms with van der Waals surface area (Å²) in [6, 6.07) is 23.5. The molecule has 0 amide bonds. The Morgan fingerprint density at radius 3 is 2.17 bits per heavy atom. The molecule has 2 N–H and O–H groups in total. The highest BCUT2D eigenvalue weighted by Crippen LogP contribution is 2.22. The lowest BCUT2D eigenvalue weighted by atomic mass is 9.93. The number of fused-ring (bicyclic) bond motifs is 1. The van der Waals surface area contributed by atoms with E-state index in [-0.39, 0.29) is 18.5 Å². The van der Waals surface area contributed by atoms with Crippen molar-refractivity contribution in [2.24, 2.45) is 5.92 Å². The van der Waals surface area contributed by atoms with Crippen LogP contribution in [0.3, 0.4) is 0 Å². The quantitative estimate of drug-likeness (QED) is 0.361. The van der Waals surface area contributed by atoms with Gasteiger partial charge in [0, 0.05) is 6.54 Å². The molecule has 0 saturated carbocycles. The minimum absolute atomic E-state index is 0.0657. The molecule has 0 saturated heterocycles. The van der Waals surface area contributed by atoms with Crippen LogP contribution in [0.15, 0.2) is 77.6 Å². The van der Waals surface area contributed by atoms with Gasteiger partial charge in [-0.3, -0.25) is 9.59 Å². The largest absolute Gasteiger partial charge is 0.481 e. The zero-order valence-corrected chi connectivity index (χ0v) is 19.7. The Hall–Kier alpha value is -3.84. The van der Waals surface area contributed by atoms with Gasteiger partial charge < -0.3 is 10.2 Å². The Morgan fingerprint density at radius 1 is 0.914 bits per heavy atom. The number of aliphatic hydroxyl groups is 1. The summed E-state index contributed by atoms with van der Waals surface area (Å²) in [6.07, 6.45) is 0.898. The van der Waals surface area contributed by atoms with Crippen LogP contribution in [0.25, 0.3) is 22.0 Å². The molecule has 0 fully saturated rings. The SMILES string of the molecule is CCc1ccc(-c2ccc(CC[C@@H](O)C(CCn3nnc4ccccc4c3=O)C(=O)O)cc2)cc1. The van der Waals surface area contributed by atoms with Crippen molar-refractivity contribution >= 4 is 16.9 Å². The van der Waals surface area contributed by atoms with E-state index in [2.05, 4.69) is 41.5 Å². The first kappa shape index (κ1) is 24.3. The topological polar surface area (TPSA) is 105 Å². The lowest BCUT2D eigenvalue weighted by molar-refractivity contribution is -0.146. The van der Waals surface area contributed by atoms with Crippen LogP contribution in [0.5, 0.6) is 0 Å². The van der Waals surface area contributed by atoms with Crippen LogP contribution >= 0.6 is 0 Å². The van der Waals surface area contributed by atoms with Gasteiger partial charge in [0.05, 0.1) is 17.4 Å². The van der Waals surface area contributed by atoms with Gasteiger partial charge in [-0.2, -0.15) is 0 Å². The fraction of sp³-hybridized carbons (Fsp3) is 0.286. The van der Waals surface area contributed by atoms with Crippen LogP contribution in [-0.2, 0) is 24.2 Å². The summed E-state index contributed by atoms with van der Waals surface area (Å²) < 4.78 is 1.16. The van der Waals surface area contributed by atoms with Crippen molar-refractivity contribution in [1.29, 1.82) is 0 Å². The maximum absolute atomic E-state index is 12.6. The third-order valence-electron chi connectivity index (χ3n) is 6.44. The number of carboxylic acids is 1. The van der Waals surface area contributed by atoms with E-state index in [0.29, 0.717) is 23.7 Å². The highest BCUT2D eigenvalue weighted by atomic mass is 16.4. The minimum atomic E-state index is -1.09. The predicted octanol–water partition coefficient (Wildman–Crippen LogP) is 4.11. The molecule has 1 heterocycles. The molecule has 0 radical (unpaired) electrons. The normalized spacial score (nSPS) is 13.0. The highest BCUT2D eigenvalue weighted by Gasteiger charge is 2.26. The van der Waals surface area contributed by atoms with Crippen LogP contribution in [-0.4, -0.2) is 37.3 Å². The fourth-order valence-electron chi connectivity index (χ4n) is 4.22. The number of aliphatic hydroxyl groups excluding tert-OH is 1. The molecule has 0 aliphatic rings. The molecule has 180 valence electrons. The van der Waals surface area contributed by atoms with Crippen LogP contribution < -0.4 is 5.56 Å². The average molecular weight is 472 g/mol. The third kappa shape index (κ3) is 5.81. The molecule has 4 rings (SSSR count). The smallest absolute Gasteiger partial charge is 0.309 e. The van der Waals surface area contributed by atoms with Crippen molar-refractivity contribution in [1.82, 2.24) is 15.0 Å². The van der Waals surface area contributed by atoms with Gasteiger partial charge in [0.15, 0.2) is 0 Å². The lowest BCUT2D eigenvalue weighted by Gasteiger charge is -2.19. The Balaban J connectivity index is 1.36. The summed E-state index contributed by atoms with van der Waals surface area (Å²) in [5.74, 6) is -2.10. The van der Waals surface area contributed by atoms with Crippen molar-refractivity contribution in [2.45, 2.75) is 45.3 Å². The number of nitrogens with zero attached hydrogens (tertiary/aromatic N) is 3. The molecule has 4 aromatic rings. The molecular formula is C28H29N3O4. The summed E-state index contributed by atoms with van der Waals surface area (Å²) in [5.41, 5.74) is 4.75. The molecule has 1 unspecified atom stereocenters. The number of hydrogen-bond acceptors (Lipinski definition) is 5. The molecule has 0 spiro atoms. The highest BCUT2D eigenvalue weighted by molar-refractivity contribution is 5.76. The molecule has 0 bridgehead atoms. The number of aromatic nitrogens is 3. The van der Waals surface area contributed by atoms with Gasteiger partial charge in [-0.05, 0) is 60.1 Å². The van der Waals surface area contributed by atoms with Gasteiger partial charge in [-0.25, -0.2) is 4.68 Å². The van der Waals surface area contributed by atoms with Crippen molar-refractivity contribution in [2.75, 3.05) is 0 Å².